The van der Waals surface area contributed by atoms with Gasteiger partial charge in [-0.15, -0.1) is 0 Å². The highest BCUT2D eigenvalue weighted by Gasteiger charge is 2.20. The second-order valence-electron chi connectivity index (χ2n) is 7.11. The Balaban J connectivity index is 1.83. The fourth-order valence-electron chi connectivity index (χ4n) is 3.93. The van der Waals surface area contributed by atoms with E-state index in [-0.39, 0.29) is 0 Å². The molecule has 4 nitrogen and oxygen atoms in total. The number of hydrogen-bond donors (Lipinski definition) is 0. The van der Waals surface area contributed by atoms with Gasteiger partial charge in [-0.3, -0.25) is 0 Å². The van der Waals surface area contributed by atoms with Gasteiger partial charge in [0.25, 0.3) is 0 Å². The topological polar surface area (TPSA) is 52.2 Å². The molecule has 132 valence electrons. The van der Waals surface area contributed by atoms with Crippen LogP contribution in [0.5, 0.6) is 0 Å². The van der Waals surface area contributed by atoms with Gasteiger partial charge in [-0.05, 0) is 55.2 Å². The van der Waals surface area contributed by atoms with Crippen molar-refractivity contribution in [3.63, 3.8) is 0 Å². The fourth-order valence-corrected chi connectivity index (χ4v) is 4.59. The number of benzene rings is 1. The predicted molar refractivity (Wildman–Crippen MR) is 99.3 cm³/mol. The maximum absolute atomic E-state index is 11.9. The summed E-state index contributed by atoms with van der Waals surface area (Å²) in [6, 6.07) is 11.3. The van der Waals surface area contributed by atoms with Gasteiger partial charge in [0.15, 0.2) is 9.84 Å². The van der Waals surface area contributed by atoms with E-state index in [9.17, 15) is 8.42 Å². The molecule has 0 bridgehead atoms. The van der Waals surface area contributed by atoms with Crippen molar-refractivity contribution in [2.45, 2.75) is 43.5 Å². The quantitative estimate of drug-likeness (QED) is 0.668. The lowest BCUT2D eigenvalue weighted by Crippen LogP contribution is -2.14. The summed E-state index contributed by atoms with van der Waals surface area (Å²) >= 11 is 0. The van der Waals surface area contributed by atoms with Gasteiger partial charge in [0.2, 0.25) is 0 Å². The molecule has 0 saturated heterocycles. The van der Waals surface area contributed by atoms with E-state index in [1.165, 1.54) is 38.4 Å². The van der Waals surface area contributed by atoms with E-state index >= 15 is 0 Å². The maximum atomic E-state index is 11.9. The summed E-state index contributed by atoms with van der Waals surface area (Å²) in [5.74, 6) is 1.50. The van der Waals surface area contributed by atoms with Crippen LogP contribution in [-0.2, 0) is 16.4 Å². The summed E-state index contributed by atoms with van der Waals surface area (Å²) in [7, 11) is -3.21. The van der Waals surface area contributed by atoms with Crippen molar-refractivity contribution in [3.05, 3.63) is 42.7 Å². The van der Waals surface area contributed by atoms with E-state index in [1.807, 2.05) is 24.3 Å². The molecule has 4 rings (SSSR count). The van der Waals surface area contributed by atoms with Gasteiger partial charge in [-0.2, -0.15) is 0 Å². The highest BCUT2D eigenvalue weighted by Crippen LogP contribution is 2.33. The molecule has 0 unspecified atom stereocenters. The zero-order chi connectivity index (χ0) is 17.4. The normalized spacial score (nSPS) is 16.5. The third-order valence-electron chi connectivity index (χ3n) is 5.24. The van der Waals surface area contributed by atoms with Crippen molar-refractivity contribution < 1.29 is 12.8 Å². The van der Waals surface area contributed by atoms with E-state index in [1.54, 1.807) is 18.4 Å². The van der Waals surface area contributed by atoms with Crippen LogP contribution < -0.4 is 0 Å². The summed E-state index contributed by atoms with van der Waals surface area (Å²) < 4.78 is 31.7. The molecule has 0 spiro atoms. The van der Waals surface area contributed by atoms with Gasteiger partial charge in [-0.1, -0.05) is 19.3 Å². The van der Waals surface area contributed by atoms with Gasteiger partial charge in [-0.25, -0.2) is 8.42 Å². The zero-order valence-corrected chi connectivity index (χ0v) is 15.3. The van der Waals surface area contributed by atoms with E-state index in [0.29, 0.717) is 10.8 Å². The minimum atomic E-state index is -3.21. The van der Waals surface area contributed by atoms with Crippen molar-refractivity contribution >= 4 is 20.7 Å². The van der Waals surface area contributed by atoms with E-state index in [2.05, 4.69) is 4.57 Å². The number of fused-ring (bicyclic) bond motifs is 1. The SMILES string of the molecule is CS(=O)(=O)c1ccc2c(c1)cc(-c1ccco1)n2CC1CCCCC1. The number of furan rings is 1. The maximum Gasteiger partial charge on any atom is 0.175 e. The summed E-state index contributed by atoms with van der Waals surface area (Å²) in [6.45, 7) is 0.956. The predicted octanol–water partition coefficient (Wildman–Crippen LogP) is 4.89. The summed E-state index contributed by atoms with van der Waals surface area (Å²) in [5.41, 5.74) is 2.10. The molecule has 1 aliphatic rings. The molecule has 1 saturated carbocycles. The van der Waals surface area contributed by atoms with Crippen LogP contribution in [0.1, 0.15) is 32.1 Å². The Kier molecular flexibility index (Phi) is 4.20. The molecule has 2 aromatic heterocycles. The molecule has 1 fully saturated rings. The average Bonchev–Trinajstić information content (AvgIpc) is 3.23. The Morgan fingerprint density at radius 2 is 1.92 bits per heavy atom. The second-order valence-corrected chi connectivity index (χ2v) is 9.13. The molecule has 1 aromatic carbocycles. The molecule has 1 aliphatic carbocycles. The second kappa shape index (κ2) is 6.37. The van der Waals surface area contributed by atoms with Crippen LogP contribution >= 0.6 is 0 Å². The first-order chi connectivity index (χ1) is 12.0. The van der Waals surface area contributed by atoms with Gasteiger partial charge in [0.05, 0.1) is 16.9 Å². The van der Waals surface area contributed by atoms with Crippen molar-refractivity contribution in [1.29, 1.82) is 0 Å². The molecule has 0 N–H and O–H groups in total. The molecule has 0 amide bonds. The lowest BCUT2D eigenvalue weighted by atomic mass is 9.89. The molecule has 25 heavy (non-hydrogen) atoms. The number of rotatable bonds is 4. The minimum absolute atomic E-state index is 0.362. The summed E-state index contributed by atoms with van der Waals surface area (Å²) in [6.07, 6.45) is 9.40. The lowest BCUT2D eigenvalue weighted by molar-refractivity contribution is 0.323. The molecule has 0 aliphatic heterocycles. The molecule has 0 radical (unpaired) electrons. The minimum Gasteiger partial charge on any atom is -0.463 e. The third kappa shape index (κ3) is 3.25. The smallest absolute Gasteiger partial charge is 0.175 e. The van der Waals surface area contributed by atoms with Crippen molar-refractivity contribution in [2.75, 3.05) is 6.26 Å². The Labute approximate surface area is 148 Å². The first-order valence-electron chi connectivity index (χ1n) is 8.89. The van der Waals surface area contributed by atoms with Crippen molar-refractivity contribution in [3.8, 4) is 11.5 Å². The Morgan fingerprint density at radius 1 is 1.12 bits per heavy atom. The van der Waals surface area contributed by atoms with Crippen LogP contribution in [0, 0.1) is 5.92 Å². The van der Waals surface area contributed by atoms with E-state index < -0.39 is 9.84 Å². The first-order valence-corrected chi connectivity index (χ1v) is 10.8. The van der Waals surface area contributed by atoms with E-state index in [4.69, 9.17) is 4.42 Å². The van der Waals surface area contributed by atoms with Gasteiger partial charge in [0, 0.05) is 23.7 Å². The monoisotopic (exact) mass is 357 g/mol. The largest absolute Gasteiger partial charge is 0.463 e. The molecule has 5 heteroatoms. The Bertz CT molecular complexity index is 978. The Hall–Kier alpha value is -2.01. The number of hydrogen-bond acceptors (Lipinski definition) is 3. The van der Waals surface area contributed by atoms with E-state index in [0.717, 1.165) is 28.9 Å². The number of sulfone groups is 1. The van der Waals surface area contributed by atoms with Gasteiger partial charge < -0.3 is 8.98 Å². The van der Waals surface area contributed by atoms with Crippen molar-refractivity contribution in [2.24, 2.45) is 5.92 Å². The first kappa shape index (κ1) is 16.5. The van der Waals surface area contributed by atoms with Crippen LogP contribution in [0.15, 0.2) is 52.0 Å². The highest BCUT2D eigenvalue weighted by molar-refractivity contribution is 7.90. The molecule has 0 atom stereocenters. The number of aromatic nitrogens is 1. The van der Waals surface area contributed by atoms with Crippen molar-refractivity contribution in [1.82, 2.24) is 4.57 Å². The fraction of sp³-hybridized carbons (Fsp3) is 0.400. The number of nitrogens with zero attached hydrogens (tertiary/aromatic N) is 1. The molecule has 2 heterocycles. The van der Waals surface area contributed by atoms with Crippen LogP contribution in [0.4, 0.5) is 0 Å². The zero-order valence-electron chi connectivity index (χ0n) is 14.4. The lowest BCUT2D eigenvalue weighted by Gasteiger charge is -2.23. The molecule has 3 aromatic rings. The van der Waals surface area contributed by atoms with Gasteiger partial charge >= 0.3 is 0 Å². The standard InChI is InChI=1S/C20H23NO3S/c1-25(22,23)17-9-10-18-16(12-17)13-19(20-8-5-11-24-20)21(18)14-15-6-3-2-4-7-15/h5,8-13,15H,2-4,6-7,14H2,1H3. The van der Waals surface area contributed by atoms with Crippen LogP contribution in [0.3, 0.4) is 0 Å². The van der Waals surface area contributed by atoms with Crippen LogP contribution in [0.2, 0.25) is 0 Å². The molecular weight excluding hydrogens is 334 g/mol. The third-order valence-corrected chi connectivity index (χ3v) is 6.35. The summed E-state index contributed by atoms with van der Waals surface area (Å²) in [5, 5.41) is 0.949. The summed E-state index contributed by atoms with van der Waals surface area (Å²) in [4.78, 5) is 0.362. The Morgan fingerprint density at radius 3 is 2.60 bits per heavy atom. The molecular formula is C20H23NO3S. The van der Waals surface area contributed by atoms with Gasteiger partial charge in [0.1, 0.15) is 5.76 Å². The van der Waals surface area contributed by atoms with Crippen LogP contribution in [-0.4, -0.2) is 19.2 Å². The van der Waals surface area contributed by atoms with Crippen LogP contribution in [0.25, 0.3) is 22.4 Å². The average molecular weight is 357 g/mol. The highest BCUT2D eigenvalue weighted by atomic mass is 32.2.